The molecule has 0 radical (unpaired) electrons. The Morgan fingerprint density at radius 1 is 1.73 bits per heavy atom. The molecule has 0 aromatic heterocycles. The SMILES string of the molecule is C=C(C[C@H](C)C=O)[C@H]1CC=C(C)C1(C)C. The zero-order valence-corrected chi connectivity index (χ0v) is 10.3. The van der Waals surface area contributed by atoms with Crippen LogP contribution in [0.15, 0.2) is 23.8 Å². The van der Waals surface area contributed by atoms with E-state index in [1.807, 2.05) is 6.92 Å². The van der Waals surface area contributed by atoms with Crippen LogP contribution in [0.3, 0.4) is 0 Å². The molecular weight excluding hydrogens is 184 g/mol. The molecular formula is C14H22O. The first-order valence-corrected chi connectivity index (χ1v) is 5.69. The molecule has 0 aromatic carbocycles. The van der Waals surface area contributed by atoms with E-state index in [1.165, 1.54) is 11.1 Å². The fourth-order valence-electron chi connectivity index (χ4n) is 2.41. The molecule has 0 bridgehead atoms. The molecule has 0 amide bonds. The summed E-state index contributed by atoms with van der Waals surface area (Å²) < 4.78 is 0. The maximum atomic E-state index is 10.6. The highest BCUT2D eigenvalue weighted by atomic mass is 16.1. The van der Waals surface area contributed by atoms with E-state index in [9.17, 15) is 4.79 Å². The summed E-state index contributed by atoms with van der Waals surface area (Å²) >= 11 is 0. The first-order chi connectivity index (χ1) is 6.89. The van der Waals surface area contributed by atoms with E-state index in [1.54, 1.807) is 0 Å². The van der Waals surface area contributed by atoms with Crippen molar-refractivity contribution in [3.63, 3.8) is 0 Å². The highest BCUT2D eigenvalue weighted by molar-refractivity contribution is 5.53. The van der Waals surface area contributed by atoms with Gasteiger partial charge in [-0.25, -0.2) is 0 Å². The minimum atomic E-state index is 0.106. The van der Waals surface area contributed by atoms with E-state index in [4.69, 9.17) is 0 Å². The molecule has 2 atom stereocenters. The van der Waals surface area contributed by atoms with Crippen molar-refractivity contribution in [1.82, 2.24) is 0 Å². The zero-order chi connectivity index (χ0) is 11.6. The second-order valence-electron chi connectivity index (χ2n) is 5.37. The van der Waals surface area contributed by atoms with E-state index >= 15 is 0 Å². The van der Waals surface area contributed by atoms with Crippen LogP contribution in [-0.4, -0.2) is 6.29 Å². The lowest BCUT2D eigenvalue weighted by atomic mass is 9.73. The molecule has 0 saturated carbocycles. The number of aldehydes is 1. The van der Waals surface area contributed by atoms with Crippen LogP contribution in [0.1, 0.15) is 40.5 Å². The molecule has 0 aromatic rings. The van der Waals surface area contributed by atoms with Gasteiger partial charge in [-0.2, -0.15) is 0 Å². The van der Waals surface area contributed by atoms with E-state index in [0.29, 0.717) is 5.92 Å². The first kappa shape index (κ1) is 12.2. The Hall–Kier alpha value is -0.850. The first-order valence-electron chi connectivity index (χ1n) is 5.69. The number of rotatable bonds is 4. The second kappa shape index (κ2) is 4.34. The summed E-state index contributed by atoms with van der Waals surface area (Å²) in [4.78, 5) is 10.6. The van der Waals surface area contributed by atoms with Gasteiger partial charge in [0.15, 0.2) is 0 Å². The standard InChI is InChI=1S/C14H22O/c1-10(9-15)8-11(2)13-7-6-12(3)14(13,4)5/h6,9-10,13H,2,7-8H2,1,3-5H3/t10-,13+/m0/s1. The third-order valence-electron chi connectivity index (χ3n) is 3.86. The topological polar surface area (TPSA) is 17.1 Å². The van der Waals surface area contributed by atoms with Crippen molar-refractivity contribution in [2.24, 2.45) is 17.3 Å². The largest absolute Gasteiger partial charge is 0.303 e. The van der Waals surface area contributed by atoms with Gasteiger partial charge in [-0.15, -0.1) is 0 Å². The minimum Gasteiger partial charge on any atom is -0.303 e. The molecule has 0 N–H and O–H groups in total. The van der Waals surface area contributed by atoms with Gasteiger partial charge >= 0.3 is 0 Å². The summed E-state index contributed by atoms with van der Waals surface area (Å²) in [6.45, 7) is 12.9. The normalized spacial score (nSPS) is 25.9. The van der Waals surface area contributed by atoms with Crippen molar-refractivity contribution >= 4 is 6.29 Å². The van der Waals surface area contributed by atoms with Gasteiger partial charge in [-0.1, -0.05) is 44.6 Å². The lowest BCUT2D eigenvalue weighted by molar-refractivity contribution is -0.110. The van der Waals surface area contributed by atoms with Crippen LogP contribution in [0.25, 0.3) is 0 Å². The second-order valence-corrected chi connectivity index (χ2v) is 5.37. The van der Waals surface area contributed by atoms with Crippen molar-refractivity contribution in [2.75, 3.05) is 0 Å². The fourth-order valence-corrected chi connectivity index (χ4v) is 2.41. The van der Waals surface area contributed by atoms with Gasteiger partial charge in [0.2, 0.25) is 0 Å². The van der Waals surface area contributed by atoms with Crippen molar-refractivity contribution < 1.29 is 4.79 Å². The highest BCUT2D eigenvalue weighted by Gasteiger charge is 2.36. The predicted molar refractivity (Wildman–Crippen MR) is 64.6 cm³/mol. The number of hydrogen-bond donors (Lipinski definition) is 0. The maximum absolute atomic E-state index is 10.6. The molecule has 1 heteroatoms. The van der Waals surface area contributed by atoms with Crippen LogP contribution >= 0.6 is 0 Å². The van der Waals surface area contributed by atoms with Crippen molar-refractivity contribution in [3.05, 3.63) is 23.8 Å². The Kier molecular flexibility index (Phi) is 3.54. The molecule has 0 unspecified atom stereocenters. The number of hydrogen-bond acceptors (Lipinski definition) is 1. The molecule has 0 heterocycles. The molecule has 1 aliphatic rings. The van der Waals surface area contributed by atoms with Crippen molar-refractivity contribution in [3.8, 4) is 0 Å². The Morgan fingerprint density at radius 2 is 2.33 bits per heavy atom. The van der Waals surface area contributed by atoms with Gasteiger partial charge in [0.1, 0.15) is 6.29 Å². The summed E-state index contributed by atoms with van der Waals surface area (Å²) in [5.74, 6) is 0.620. The van der Waals surface area contributed by atoms with Crippen LogP contribution in [-0.2, 0) is 4.79 Å². The molecule has 0 spiro atoms. The van der Waals surface area contributed by atoms with Crippen LogP contribution in [0.2, 0.25) is 0 Å². The van der Waals surface area contributed by atoms with Crippen molar-refractivity contribution in [1.29, 1.82) is 0 Å². The lowest BCUT2D eigenvalue weighted by Crippen LogP contribution is -2.22. The summed E-state index contributed by atoms with van der Waals surface area (Å²) in [5.41, 5.74) is 2.90. The summed E-state index contributed by atoms with van der Waals surface area (Å²) in [6.07, 6.45) is 5.25. The van der Waals surface area contributed by atoms with E-state index in [-0.39, 0.29) is 11.3 Å². The quantitative estimate of drug-likeness (QED) is 0.505. The zero-order valence-electron chi connectivity index (χ0n) is 10.3. The highest BCUT2D eigenvalue weighted by Crippen LogP contribution is 2.47. The third-order valence-corrected chi connectivity index (χ3v) is 3.86. The predicted octanol–water partition coefficient (Wildman–Crippen LogP) is 3.76. The van der Waals surface area contributed by atoms with Crippen molar-refractivity contribution in [2.45, 2.75) is 40.5 Å². The van der Waals surface area contributed by atoms with Gasteiger partial charge in [-0.3, -0.25) is 0 Å². The molecule has 1 aliphatic carbocycles. The van der Waals surface area contributed by atoms with Crippen LogP contribution in [0.4, 0.5) is 0 Å². The average molecular weight is 206 g/mol. The molecule has 0 fully saturated rings. The smallest absolute Gasteiger partial charge is 0.123 e. The Balaban J connectivity index is 2.68. The van der Waals surface area contributed by atoms with E-state index in [2.05, 4.69) is 33.4 Å². The lowest BCUT2D eigenvalue weighted by Gasteiger charge is -2.31. The molecule has 0 saturated heterocycles. The molecule has 1 rings (SSSR count). The Morgan fingerprint density at radius 3 is 2.73 bits per heavy atom. The number of carbonyl (C=O) groups is 1. The Labute approximate surface area is 93.3 Å². The van der Waals surface area contributed by atoms with Crippen LogP contribution in [0, 0.1) is 17.3 Å². The molecule has 1 nitrogen and oxygen atoms in total. The minimum absolute atomic E-state index is 0.106. The summed E-state index contributed by atoms with van der Waals surface area (Å²) in [7, 11) is 0. The third kappa shape index (κ3) is 2.39. The van der Waals surface area contributed by atoms with E-state index in [0.717, 1.165) is 19.1 Å². The Bertz CT molecular complexity index is 296. The van der Waals surface area contributed by atoms with E-state index < -0.39 is 0 Å². The summed E-state index contributed by atoms with van der Waals surface area (Å²) in [6, 6.07) is 0. The van der Waals surface area contributed by atoms with Gasteiger partial charge in [0.25, 0.3) is 0 Å². The molecule has 84 valence electrons. The van der Waals surface area contributed by atoms with Gasteiger partial charge in [-0.05, 0) is 31.1 Å². The number of carbonyl (C=O) groups excluding carboxylic acids is 1. The van der Waals surface area contributed by atoms with Crippen LogP contribution in [0.5, 0.6) is 0 Å². The van der Waals surface area contributed by atoms with Crippen LogP contribution < -0.4 is 0 Å². The molecule has 15 heavy (non-hydrogen) atoms. The average Bonchev–Trinajstić information content (AvgIpc) is 2.41. The monoisotopic (exact) mass is 206 g/mol. The van der Waals surface area contributed by atoms with Gasteiger partial charge in [0, 0.05) is 5.92 Å². The number of allylic oxidation sites excluding steroid dienone is 3. The fraction of sp³-hybridized carbons (Fsp3) is 0.643. The maximum Gasteiger partial charge on any atom is 0.123 e. The van der Waals surface area contributed by atoms with Gasteiger partial charge < -0.3 is 4.79 Å². The molecule has 0 aliphatic heterocycles. The summed E-state index contributed by atoms with van der Waals surface area (Å²) in [5, 5.41) is 0. The van der Waals surface area contributed by atoms with Gasteiger partial charge in [0.05, 0.1) is 0 Å².